The van der Waals surface area contributed by atoms with Crippen LogP contribution in [0.1, 0.15) is 111 Å². The first-order chi connectivity index (χ1) is 38.2. The Morgan fingerprint density at radius 1 is 1.06 bits per heavy atom. The Bertz CT molecular complexity index is 2780. The van der Waals surface area contributed by atoms with Gasteiger partial charge in [0, 0.05) is 69.7 Å². The number of ether oxygens (including phenoxy) is 6. The molecule has 4 bridgehead atoms. The molecule has 6 amide bonds. The number of nitrogens with zero attached hydrogens (tertiary/aromatic N) is 4. The number of aliphatic hydroxyl groups is 1. The number of rotatable bonds is 20. The van der Waals surface area contributed by atoms with Gasteiger partial charge in [0.2, 0.25) is 17.7 Å². The number of carbonyl (C=O) groups excluding carboxylic acids is 8. The van der Waals surface area contributed by atoms with Crippen molar-refractivity contribution in [1.82, 2.24) is 20.7 Å². The Balaban J connectivity index is 1.02. The van der Waals surface area contributed by atoms with Crippen molar-refractivity contribution in [2.75, 3.05) is 45.6 Å². The van der Waals surface area contributed by atoms with Crippen molar-refractivity contribution in [3.63, 3.8) is 0 Å². The molecule has 442 valence electrons. The van der Waals surface area contributed by atoms with E-state index in [1.807, 2.05) is 26.8 Å². The van der Waals surface area contributed by atoms with Crippen molar-refractivity contribution in [2.24, 2.45) is 11.0 Å². The number of hydroxylamine groups is 2. The monoisotopic (exact) mass is 1180 g/mol. The minimum Gasteiger partial charge on any atom is -0.495 e. The van der Waals surface area contributed by atoms with Crippen LogP contribution in [0, 0.1) is 5.92 Å². The van der Waals surface area contributed by atoms with Gasteiger partial charge >= 0.3 is 18.0 Å². The van der Waals surface area contributed by atoms with Crippen LogP contribution in [0.3, 0.4) is 0 Å². The highest BCUT2D eigenvalue weighted by Crippen LogP contribution is 2.49. The van der Waals surface area contributed by atoms with Gasteiger partial charge in [0.15, 0.2) is 5.72 Å². The van der Waals surface area contributed by atoms with Gasteiger partial charge in [-0.3, -0.25) is 29.3 Å². The number of carbonyl (C=O) groups is 8. The van der Waals surface area contributed by atoms with Crippen LogP contribution in [0.15, 0.2) is 65.3 Å². The van der Waals surface area contributed by atoms with Gasteiger partial charge < -0.3 is 48.2 Å². The maximum atomic E-state index is 14.4. The molecule has 3 N–H and O–H groups in total. The molecule has 0 aliphatic carbocycles. The van der Waals surface area contributed by atoms with E-state index < -0.39 is 88.2 Å². The molecule has 3 saturated heterocycles. The summed E-state index contributed by atoms with van der Waals surface area (Å²) in [6.45, 7) is 12.6. The summed E-state index contributed by atoms with van der Waals surface area (Å²) in [4.78, 5) is 111. The van der Waals surface area contributed by atoms with E-state index in [4.69, 9.17) is 44.9 Å². The lowest BCUT2D eigenvalue weighted by Crippen LogP contribution is -2.63. The second-order valence-corrected chi connectivity index (χ2v) is 24.8. The molecule has 8 atom stereocenters. The van der Waals surface area contributed by atoms with Crippen LogP contribution in [-0.4, -0.2) is 156 Å². The summed E-state index contributed by atoms with van der Waals surface area (Å²) < 4.78 is 34.6. The van der Waals surface area contributed by atoms with Gasteiger partial charge in [-0.25, -0.2) is 19.8 Å². The average Bonchev–Trinajstić information content (AvgIpc) is 4.01. The molecule has 2 aromatic carbocycles. The van der Waals surface area contributed by atoms with Crippen LogP contribution in [-0.2, 0) is 63.8 Å². The topological polar surface area (TPSA) is 271 Å². The number of likely N-dealkylation sites (N-methyl/N-ethyl adjacent to an activating group) is 1. The van der Waals surface area contributed by atoms with Gasteiger partial charge in [0.1, 0.15) is 46.5 Å². The van der Waals surface area contributed by atoms with Crippen LogP contribution in [0.4, 0.5) is 10.5 Å². The number of esters is 1. The van der Waals surface area contributed by atoms with Crippen LogP contribution in [0.25, 0.3) is 0 Å². The molecule has 6 rings (SSSR count). The molecule has 0 aromatic heterocycles. The van der Waals surface area contributed by atoms with E-state index in [0.717, 1.165) is 16.7 Å². The highest BCUT2D eigenvalue weighted by Gasteiger charge is 2.64. The molecule has 4 heterocycles. The number of benzene rings is 2. The summed E-state index contributed by atoms with van der Waals surface area (Å²) in [5.41, 5.74) is 2.73. The molecule has 22 nitrogen and oxygen atoms in total. The van der Waals surface area contributed by atoms with Crippen molar-refractivity contribution < 1.29 is 76.7 Å². The Labute approximate surface area is 484 Å². The lowest BCUT2D eigenvalue weighted by molar-refractivity contribution is -0.197. The summed E-state index contributed by atoms with van der Waals surface area (Å²) in [6.07, 6.45) is 0.902. The second kappa shape index (κ2) is 27.7. The maximum absolute atomic E-state index is 14.4. The van der Waals surface area contributed by atoms with Crippen LogP contribution in [0.5, 0.6) is 11.5 Å². The third-order valence-corrected chi connectivity index (χ3v) is 18.1. The van der Waals surface area contributed by atoms with Gasteiger partial charge in [-0.15, -0.1) is 5.06 Å². The molecule has 4 aliphatic heterocycles. The van der Waals surface area contributed by atoms with Crippen molar-refractivity contribution in [3.05, 3.63) is 76.3 Å². The number of amides is 6. The molecule has 0 unspecified atom stereocenters. The van der Waals surface area contributed by atoms with Gasteiger partial charge in [-0.05, 0) is 102 Å². The summed E-state index contributed by atoms with van der Waals surface area (Å²) in [7, 11) is 8.76. The van der Waals surface area contributed by atoms with Crippen LogP contribution >= 0.6 is 33.2 Å². The lowest BCUT2D eigenvalue weighted by atomic mass is 9.83. The average molecular weight is 1190 g/mol. The zero-order chi connectivity index (χ0) is 59.6. The molecule has 4 aliphatic rings. The number of hydrogen-bond donors (Lipinski definition) is 3. The molecule has 0 spiro atoms. The molecule has 0 radical (unpaired) electrons. The first-order valence-corrected chi connectivity index (χ1v) is 29.2. The minimum atomic E-state index is -1.88. The third-order valence-electron chi connectivity index (χ3n) is 14.4. The lowest BCUT2D eigenvalue weighted by Gasteiger charge is -2.42. The first kappa shape index (κ1) is 64.0. The SMILES string of the molecule is COc1cc2cc(c1Cl)N(C)C(=O)C[C@H](OC(=O)[C@H](C)N(C)C(=O)CCSSC(C)(C)CC(=O)N/N=C(\C)c1ccc(OCCCC(=O)ON3C(=O)CCC3=O)cc1)[C@]1(C)O[C@H]1[C@H](C)[C@@H]1C[C@@](O)(NC(=O)O1)[C@H](OC)/C=C/C=C(\C)C2. The zero-order valence-electron chi connectivity index (χ0n) is 47.5. The first-order valence-electron chi connectivity index (χ1n) is 26.5. The quantitative estimate of drug-likeness (QED) is 0.0235. The molecule has 81 heavy (non-hydrogen) atoms. The Hall–Kier alpha value is -6.18. The Morgan fingerprint density at radius 2 is 1.75 bits per heavy atom. The molecule has 0 saturated carbocycles. The number of allylic oxidation sites excluding steroid dienone is 3. The molecular formula is C56H73ClN6O16S2. The number of nitrogens with one attached hydrogen (secondary N) is 2. The fourth-order valence-electron chi connectivity index (χ4n) is 9.40. The highest BCUT2D eigenvalue weighted by molar-refractivity contribution is 8.77. The van der Waals surface area contributed by atoms with Gasteiger partial charge in [0.05, 0.1) is 44.1 Å². The van der Waals surface area contributed by atoms with E-state index in [1.165, 1.54) is 59.6 Å². The van der Waals surface area contributed by atoms with E-state index in [-0.39, 0.29) is 68.4 Å². The molecular weight excluding hydrogens is 1110 g/mol. The number of alkyl carbamates (subject to hydrolysis) is 1. The van der Waals surface area contributed by atoms with Gasteiger partial charge in [0.25, 0.3) is 11.8 Å². The number of fused-ring (bicyclic) bond motifs is 5. The van der Waals surface area contributed by atoms with Crippen LogP contribution < -0.4 is 25.1 Å². The van der Waals surface area contributed by atoms with Crippen molar-refractivity contribution in [2.45, 2.75) is 153 Å². The third kappa shape index (κ3) is 16.7. The molecule has 2 aromatic rings. The summed E-state index contributed by atoms with van der Waals surface area (Å²) >= 11 is 6.83. The predicted molar refractivity (Wildman–Crippen MR) is 303 cm³/mol. The Morgan fingerprint density at radius 3 is 2.42 bits per heavy atom. The number of hydrazone groups is 1. The highest BCUT2D eigenvalue weighted by atomic mass is 35.5. The van der Waals surface area contributed by atoms with E-state index in [9.17, 15) is 43.5 Å². The standard InChI is InChI=1S/C56H73ClN6O16S2/c1-32-14-12-15-42(74-11)56(72)30-41(76-53(71)58-56)33(2)51-55(7,78-51)43(29-48(68)62(9)39-27-36(26-32)28-40(73-10)50(39)57)77-52(70)35(4)61(8)45(65)23-25-80-81-54(5,6)31-44(64)60-59-34(3)37-17-19-38(20-18-37)75-24-13-16-49(69)79-63-46(66)21-22-47(63)67/h12,14-15,17-20,27-28,33,35,41-43,51,72H,13,16,21-26,29-31H2,1-11H3,(H,58,71)(H,60,64)/b15-12+,32-14+,59-34+/t33-,35+,41+,42-,43+,51+,55+,56+/m1/s1. The summed E-state index contributed by atoms with van der Waals surface area (Å²) in [5, 5.41) is 19.4. The van der Waals surface area contributed by atoms with Crippen LogP contribution in [0.2, 0.25) is 5.02 Å². The van der Waals surface area contributed by atoms with Crippen molar-refractivity contribution in [1.29, 1.82) is 0 Å². The van der Waals surface area contributed by atoms with Crippen molar-refractivity contribution >= 4 is 92.2 Å². The second-order valence-electron chi connectivity index (χ2n) is 21.2. The number of epoxide rings is 1. The van der Waals surface area contributed by atoms with E-state index >= 15 is 0 Å². The number of halogens is 1. The number of imide groups is 1. The summed E-state index contributed by atoms with van der Waals surface area (Å²) in [5.74, 6) is -3.10. The minimum absolute atomic E-state index is 0.0196. The summed E-state index contributed by atoms with van der Waals surface area (Å²) in [6, 6.07) is 9.43. The zero-order valence-corrected chi connectivity index (χ0v) is 49.9. The number of anilines is 1. The van der Waals surface area contributed by atoms with E-state index in [2.05, 4.69) is 15.8 Å². The molecule has 3 fully saturated rings. The van der Waals surface area contributed by atoms with Gasteiger partial charge in [-0.2, -0.15) is 5.10 Å². The normalized spacial score (nSPS) is 25.8. The number of methoxy groups -OCH3 is 2. The Kier molecular flexibility index (Phi) is 21.9. The molecule has 25 heteroatoms. The fraction of sp³-hybridized carbons (Fsp3) is 0.554. The van der Waals surface area contributed by atoms with E-state index in [0.29, 0.717) is 46.6 Å². The largest absolute Gasteiger partial charge is 0.495 e. The van der Waals surface area contributed by atoms with Crippen molar-refractivity contribution in [3.8, 4) is 11.5 Å². The van der Waals surface area contributed by atoms with E-state index in [1.54, 1.807) is 76.4 Å². The number of hydrogen-bond acceptors (Lipinski definition) is 19. The predicted octanol–water partition coefficient (Wildman–Crippen LogP) is 6.76. The smallest absolute Gasteiger partial charge is 0.409 e. The maximum Gasteiger partial charge on any atom is 0.409 e. The fourth-order valence-corrected chi connectivity index (χ4v) is 12.2. The van der Waals surface area contributed by atoms with Gasteiger partial charge in [-0.1, -0.05) is 63.9 Å².